The van der Waals surface area contributed by atoms with Gasteiger partial charge >= 0.3 is 29.6 Å². The molecule has 0 fully saturated rings. The second kappa shape index (κ2) is 9.30. The quantitative estimate of drug-likeness (QED) is 0.362. The third-order valence-corrected chi connectivity index (χ3v) is 1.39. The zero-order chi connectivity index (χ0) is 11.1. The Balaban J connectivity index is 0. The first-order valence-electron chi connectivity index (χ1n) is 3.89. The maximum atomic E-state index is 9.11. The number of aromatic nitrogens is 1. The number of methoxy groups -OCH3 is 1. The van der Waals surface area contributed by atoms with E-state index < -0.39 is 11.1 Å². The van der Waals surface area contributed by atoms with Gasteiger partial charge in [0.25, 0.3) is 0 Å². The second-order valence-electron chi connectivity index (χ2n) is 2.64. The van der Waals surface area contributed by atoms with E-state index in [1.54, 1.807) is 13.3 Å². The van der Waals surface area contributed by atoms with E-state index in [0.29, 0.717) is 0 Å². The fraction of sp³-hybridized carbons (Fsp3) is 0.444. The average Bonchev–Trinajstić information content (AvgIpc) is 2.03. The van der Waals surface area contributed by atoms with Gasteiger partial charge < -0.3 is 14.3 Å². The van der Waals surface area contributed by atoms with E-state index in [0.717, 1.165) is 16.9 Å². The zero-order valence-corrected chi connectivity index (χ0v) is 12.5. The maximum absolute atomic E-state index is 9.11. The minimum absolute atomic E-state index is 0. The summed E-state index contributed by atoms with van der Waals surface area (Å²) in [7, 11) is 1.66. The Morgan fingerprint density at radius 2 is 2.00 bits per heavy atom. The molecule has 0 radical (unpaired) electrons. The fourth-order valence-corrected chi connectivity index (χ4v) is 0.945. The molecule has 1 atom stereocenters. The molecule has 1 rings (SSSR count). The van der Waals surface area contributed by atoms with Crippen molar-refractivity contribution in [2.45, 2.75) is 13.8 Å². The van der Waals surface area contributed by atoms with Crippen molar-refractivity contribution in [2.75, 3.05) is 13.4 Å². The Labute approximate surface area is 115 Å². The summed E-state index contributed by atoms with van der Waals surface area (Å²) >= 11 is -1.61. The van der Waals surface area contributed by atoms with Crippen LogP contribution in [0, 0.1) is 20.0 Å². The fourth-order valence-electron chi connectivity index (χ4n) is 0.945. The molecule has 0 bridgehead atoms. The topological polar surface area (TPSA) is 59.4 Å². The summed E-state index contributed by atoms with van der Waals surface area (Å²) in [4.78, 5) is 3.89. The van der Waals surface area contributed by atoms with Crippen LogP contribution in [0.5, 0.6) is 5.75 Å². The van der Waals surface area contributed by atoms with Gasteiger partial charge in [0, 0.05) is 12.0 Å². The zero-order valence-electron chi connectivity index (χ0n) is 9.70. The van der Waals surface area contributed by atoms with Crippen molar-refractivity contribution in [1.29, 1.82) is 0 Å². The van der Waals surface area contributed by atoms with Crippen molar-refractivity contribution in [1.82, 2.24) is 4.98 Å². The molecule has 80 valence electrons. The molecule has 0 spiro atoms. The van der Waals surface area contributed by atoms with E-state index in [1.807, 2.05) is 13.8 Å². The van der Waals surface area contributed by atoms with Crippen LogP contribution in [0.2, 0.25) is 0 Å². The summed E-state index contributed by atoms with van der Waals surface area (Å²) in [6, 6.07) is 0. The smallest absolute Gasteiger partial charge is 0.554 e. The van der Waals surface area contributed by atoms with Crippen molar-refractivity contribution < 1.29 is 43.1 Å². The molecule has 4 nitrogen and oxygen atoms in total. The number of nitrogens with zero attached hydrogens (tertiary/aromatic N) is 1. The molecule has 0 aliphatic heterocycles. The summed E-state index contributed by atoms with van der Waals surface area (Å²) in [6.45, 7) is 3.89. The summed E-state index contributed by atoms with van der Waals surface area (Å²) in [5, 5.41) is 0. The Morgan fingerprint density at radius 1 is 1.53 bits per heavy atom. The van der Waals surface area contributed by atoms with Gasteiger partial charge in [0.15, 0.2) is 0 Å². The molecule has 1 unspecified atom stereocenters. The SMILES string of the molecule is COc1c(C)[c-]ncc1C.CS(=O)O.[Na+]. The summed E-state index contributed by atoms with van der Waals surface area (Å²) in [5.74, 6) is 0.884. The molecule has 0 aliphatic rings. The van der Waals surface area contributed by atoms with Crippen molar-refractivity contribution in [3.63, 3.8) is 0 Å². The van der Waals surface area contributed by atoms with Gasteiger partial charge in [-0.2, -0.15) is 0 Å². The Bertz CT molecular complexity index is 296. The first-order valence-corrected chi connectivity index (χ1v) is 5.41. The molecule has 1 aromatic rings. The summed E-state index contributed by atoms with van der Waals surface area (Å²) in [6.07, 6.45) is 5.75. The molecular weight excluding hydrogens is 225 g/mol. The largest absolute Gasteiger partial charge is 1.00 e. The first kappa shape index (κ1) is 17.5. The van der Waals surface area contributed by atoms with E-state index in [-0.39, 0.29) is 29.6 Å². The number of ether oxygens (including phenoxy) is 1. The minimum atomic E-state index is -1.61. The van der Waals surface area contributed by atoms with Crippen LogP contribution in [-0.4, -0.2) is 27.1 Å². The van der Waals surface area contributed by atoms with Gasteiger partial charge in [-0.05, 0) is 0 Å². The van der Waals surface area contributed by atoms with Crippen LogP contribution < -0.4 is 34.3 Å². The Hall–Kier alpha value is 0.0600. The Kier molecular flexibility index (Phi) is 10.8. The van der Waals surface area contributed by atoms with Crippen molar-refractivity contribution in [3.05, 3.63) is 23.5 Å². The Morgan fingerprint density at radius 3 is 2.27 bits per heavy atom. The van der Waals surface area contributed by atoms with Crippen LogP contribution >= 0.6 is 0 Å². The molecule has 15 heavy (non-hydrogen) atoms. The molecule has 0 saturated carbocycles. The van der Waals surface area contributed by atoms with Gasteiger partial charge in [0.1, 0.15) is 11.1 Å². The van der Waals surface area contributed by atoms with Gasteiger partial charge in [-0.3, -0.25) is 0 Å². The van der Waals surface area contributed by atoms with E-state index in [9.17, 15) is 0 Å². The van der Waals surface area contributed by atoms with Crippen LogP contribution in [0.4, 0.5) is 0 Å². The van der Waals surface area contributed by atoms with E-state index in [1.165, 1.54) is 6.26 Å². The first-order chi connectivity index (χ1) is 6.49. The summed E-state index contributed by atoms with van der Waals surface area (Å²) in [5.41, 5.74) is 2.02. The molecule has 0 aliphatic carbocycles. The van der Waals surface area contributed by atoms with Crippen LogP contribution in [0.3, 0.4) is 0 Å². The van der Waals surface area contributed by atoms with Crippen molar-refractivity contribution in [3.8, 4) is 5.75 Å². The number of hydrogen-bond donors (Lipinski definition) is 1. The monoisotopic (exact) mass is 239 g/mol. The molecule has 0 saturated heterocycles. The van der Waals surface area contributed by atoms with E-state index >= 15 is 0 Å². The standard InChI is InChI=1S/C8H10NO.CH4O2S.Na/c1-6-4-9-5-7(2)8(6)10-3;1-4(2)3;/h4H,1-3H3;1H3,(H,2,3);/q-1;;+1. The van der Waals surface area contributed by atoms with Crippen LogP contribution in [0.1, 0.15) is 11.1 Å². The summed E-state index contributed by atoms with van der Waals surface area (Å²) < 4.78 is 21.7. The van der Waals surface area contributed by atoms with Gasteiger partial charge in [-0.15, -0.1) is 11.1 Å². The van der Waals surface area contributed by atoms with E-state index in [4.69, 9.17) is 13.5 Å². The second-order valence-corrected chi connectivity index (χ2v) is 3.48. The number of aryl methyl sites for hydroxylation is 2. The predicted octanol–water partition coefficient (Wildman–Crippen LogP) is -1.65. The predicted molar refractivity (Wildman–Crippen MR) is 55.8 cm³/mol. The molecule has 0 aromatic carbocycles. The number of pyridine rings is 1. The van der Waals surface area contributed by atoms with Crippen LogP contribution in [0.15, 0.2) is 6.20 Å². The van der Waals surface area contributed by atoms with Gasteiger partial charge in [-0.1, -0.05) is 26.2 Å². The molecular formula is C9H14NNaO3S. The van der Waals surface area contributed by atoms with E-state index in [2.05, 4.69) is 11.2 Å². The van der Waals surface area contributed by atoms with Crippen LogP contribution in [-0.2, 0) is 11.1 Å². The van der Waals surface area contributed by atoms with Crippen molar-refractivity contribution >= 4 is 11.1 Å². The average molecular weight is 239 g/mol. The van der Waals surface area contributed by atoms with Gasteiger partial charge in [0.2, 0.25) is 0 Å². The molecule has 1 N–H and O–H groups in total. The maximum Gasteiger partial charge on any atom is 1.00 e. The van der Waals surface area contributed by atoms with Gasteiger partial charge in [0.05, 0.1) is 7.11 Å². The normalized spacial score (nSPS) is 10.5. The van der Waals surface area contributed by atoms with Gasteiger partial charge in [-0.25, -0.2) is 4.21 Å². The molecule has 1 aromatic heterocycles. The molecule has 6 heteroatoms. The van der Waals surface area contributed by atoms with Crippen molar-refractivity contribution in [2.24, 2.45) is 0 Å². The van der Waals surface area contributed by atoms with Crippen LogP contribution in [0.25, 0.3) is 0 Å². The molecule has 0 amide bonds. The third-order valence-electron chi connectivity index (χ3n) is 1.39. The third kappa shape index (κ3) is 7.93. The number of rotatable bonds is 1. The molecule has 1 heterocycles. The number of hydrogen-bond acceptors (Lipinski definition) is 3. The minimum Gasteiger partial charge on any atom is -0.554 e.